The van der Waals surface area contributed by atoms with E-state index in [9.17, 15) is 4.79 Å². The Bertz CT molecular complexity index is 281. The molecule has 0 amide bonds. The lowest BCUT2D eigenvalue weighted by Crippen LogP contribution is -1.86. The molecule has 0 N–H and O–H groups in total. The van der Waals surface area contributed by atoms with Crippen LogP contribution in [0.15, 0.2) is 18.5 Å². The fourth-order valence-corrected chi connectivity index (χ4v) is 0.701. The lowest BCUT2D eigenvalue weighted by Gasteiger charge is -1.91. The highest BCUT2D eigenvalue weighted by Crippen LogP contribution is 1.95. The molecule has 0 saturated heterocycles. The molecule has 0 unspecified atom stereocenters. The highest BCUT2D eigenvalue weighted by molar-refractivity contribution is 5.72. The Labute approximate surface area is 64.8 Å². The topological polar surface area (TPSA) is 42.9 Å². The smallest absolute Gasteiger partial charge is 0.142 e. The second-order valence-corrected chi connectivity index (χ2v) is 2.08. The van der Waals surface area contributed by atoms with Crippen LogP contribution in [0, 0.1) is 6.92 Å². The molecule has 56 valence electrons. The molecular formula is C8H8N2O. The van der Waals surface area contributed by atoms with E-state index < -0.39 is 0 Å². The predicted octanol–water partition coefficient (Wildman–Crippen LogP) is 0.997. The summed E-state index contributed by atoms with van der Waals surface area (Å²) in [6.45, 7) is 1.85. The lowest BCUT2D eigenvalue weighted by molar-refractivity contribution is -0.104. The Balaban J connectivity index is 2.87. The predicted molar refractivity (Wildman–Crippen MR) is 41.9 cm³/mol. The number of allylic oxidation sites excluding steroid dienone is 1. The van der Waals surface area contributed by atoms with Gasteiger partial charge in [-0.15, -0.1) is 0 Å². The fraction of sp³-hybridized carbons (Fsp3) is 0.125. The molecule has 1 aromatic rings. The van der Waals surface area contributed by atoms with E-state index in [2.05, 4.69) is 9.97 Å². The van der Waals surface area contributed by atoms with Gasteiger partial charge >= 0.3 is 0 Å². The zero-order valence-electron chi connectivity index (χ0n) is 6.19. The van der Waals surface area contributed by atoms with Crippen molar-refractivity contribution in [2.45, 2.75) is 6.92 Å². The largest absolute Gasteiger partial charge is 0.299 e. The van der Waals surface area contributed by atoms with Crippen LogP contribution in [0.1, 0.15) is 11.4 Å². The number of aromatic nitrogens is 2. The first kappa shape index (κ1) is 7.60. The van der Waals surface area contributed by atoms with Gasteiger partial charge in [0.2, 0.25) is 0 Å². The maximum Gasteiger partial charge on any atom is 0.142 e. The lowest BCUT2D eigenvalue weighted by atomic mass is 10.4. The molecule has 3 heteroatoms. The summed E-state index contributed by atoms with van der Waals surface area (Å²) in [5.74, 6) is 0. The summed E-state index contributed by atoms with van der Waals surface area (Å²) in [7, 11) is 0. The van der Waals surface area contributed by atoms with Crippen LogP contribution in [0.2, 0.25) is 0 Å². The number of carbonyl (C=O) groups excluding carboxylic acids is 1. The highest BCUT2D eigenvalue weighted by Gasteiger charge is 1.87. The molecule has 0 spiro atoms. The van der Waals surface area contributed by atoms with Gasteiger partial charge in [-0.25, -0.2) is 0 Å². The van der Waals surface area contributed by atoms with Gasteiger partial charge in [0.05, 0.1) is 17.6 Å². The van der Waals surface area contributed by atoms with Crippen molar-refractivity contribution < 1.29 is 4.79 Å². The molecular weight excluding hydrogens is 140 g/mol. The summed E-state index contributed by atoms with van der Waals surface area (Å²) >= 11 is 0. The van der Waals surface area contributed by atoms with Crippen LogP contribution in [-0.2, 0) is 4.79 Å². The van der Waals surface area contributed by atoms with E-state index in [1.165, 1.54) is 6.08 Å². The van der Waals surface area contributed by atoms with Crippen molar-refractivity contribution in [2.75, 3.05) is 0 Å². The minimum atomic E-state index is 0.706. The van der Waals surface area contributed by atoms with Gasteiger partial charge in [0, 0.05) is 6.20 Å². The van der Waals surface area contributed by atoms with Crippen LogP contribution in [0.25, 0.3) is 6.08 Å². The number of aryl methyl sites for hydroxylation is 1. The summed E-state index contributed by atoms with van der Waals surface area (Å²) in [5.41, 5.74) is 1.55. The normalized spacial score (nSPS) is 10.3. The van der Waals surface area contributed by atoms with Gasteiger partial charge < -0.3 is 0 Å². The second kappa shape index (κ2) is 3.61. The van der Waals surface area contributed by atoms with Gasteiger partial charge in [-0.2, -0.15) is 0 Å². The number of hydrogen-bond acceptors (Lipinski definition) is 3. The summed E-state index contributed by atoms with van der Waals surface area (Å²) in [4.78, 5) is 17.9. The molecule has 0 aliphatic carbocycles. The van der Waals surface area contributed by atoms with E-state index in [-0.39, 0.29) is 0 Å². The van der Waals surface area contributed by atoms with E-state index in [4.69, 9.17) is 0 Å². The van der Waals surface area contributed by atoms with Crippen LogP contribution in [0.5, 0.6) is 0 Å². The SMILES string of the molecule is Cc1cncc(/C=C/C=O)n1. The maximum atomic E-state index is 9.93. The van der Waals surface area contributed by atoms with Crippen molar-refractivity contribution in [1.82, 2.24) is 9.97 Å². The van der Waals surface area contributed by atoms with Crippen molar-refractivity contribution in [3.63, 3.8) is 0 Å². The van der Waals surface area contributed by atoms with E-state index >= 15 is 0 Å². The third kappa shape index (κ3) is 2.29. The van der Waals surface area contributed by atoms with Crippen molar-refractivity contribution in [2.24, 2.45) is 0 Å². The van der Waals surface area contributed by atoms with E-state index in [1.807, 2.05) is 6.92 Å². The highest BCUT2D eigenvalue weighted by atomic mass is 16.1. The van der Waals surface area contributed by atoms with Gasteiger partial charge in [0.15, 0.2) is 0 Å². The Kier molecular flexibility index (Phi) is 2.49. The van der Waals surface area contributed by atoms with Crippen LogP contribution in [0.4, 0.5) is 0 Å². The molecule has 0 fully saturated rings. The number of carbonyl (C=O) groups is 1. The zero-order valence-corrected chi connectivity index (χ0v) is 6.19. The Morgan fingerprint density at radius 1 is 1.45 bits per heavy atom. The van der Waals surface area contributed by atoms with Gasteiger partial charge in [0.1, 0.15) is 6.29 Å². The molecule has 0 aliphatic rings. The molecule has 0 bridgehead atoms. The Hall–Kier alpha value is -1.51. The minimum absolute atomic E-state index is 0.706. The zero-order chi connectivity index (χ0) is 8.10. The van der Waals surface area contributed by atoms with Crippen LogP contribution < -0.4 is 0 Å². The molecule has 0 atom stereocenters. The van der Waals surface area contributed by atoms with Crippen LogP contribution in [-0.4, -0.2) is 16.3 Å². The van der Waals surface area contributed by atoms with E-state index in [0.717, 1.165) is 5.69 Å². The third-order valence-electron chi connectivity index (χ3n) is 1.12. The molecule has 0 aliphatic heterocycles. The summed E-state index contributed by atoms with van der Waals surface area (Å²) in [6, 6.07) is 0. The minimum Gasteiger partial charge on any atom is -0.299 e. The quantitative estimate of drug-likeness (QED) is 0.464. The molecule has 1 aromatic heterocycles. The Morgan fingerprint density at radius 2 is 2.27 bits per heavy atom. The van der Waals surface area contributed by atoms with Crippen molar-refractivity contribution in [3.8, 4) is 0 Å². The number of nitrogens with zero attached hydrogens (tertiary/aromatic N) is 2. The average molecular weight is 148 g/mol. The maximum absolute atomic E-state index is 9.93. The Morgan fingerprint density at radius 3 is 2.91 bits per heavy atom. The molecule has 0 aromatic carbocycles. The average Bonchev–Trinajstić information content (AvgIpc) is 2.01. The molecule has 0 saturated carbocycles. The number of hydrogen-bond donors (Lipinski definition) is 0. The summed E-state index contributed by atoms with van der Waals surface area (Å²) in [5, 5.41) is 0. The van der Waals surface area contributed by atoms with E-state index in [1.54, 1.807) is 18.5 Å². The van der Waals surface area contributed by atoms with E-state index in [0.29, 0.717) is 12.0 Å². The van der Waals surface area contributed by atoms with Gasteiger partial charge in [-0.3, -0.25) is 14.8 Å². The first-order valence-corrected chi connectivity index (χ1v) is 3.23. The van der Waals surface area contributed by atoms with Gasteiger partial charge in [-0.1, -0.05) is 0 Å². The van der Waals surface area contributed by atoms with Crippen molar-refractivity contribution in [1.29, 1.82) is 0 Å². The molecule has 1 heterocycles. The molecule has 0 radical (unpaired) electrons. The van der Waals surface area contributed by atoms with Gasteiger partial charge in [0.25, 0.3) is 0 Å². The fourth-order valence-electron chi connectivity index (χ4n) is 0.701. The number of aldehydes is 1. The monoisotopic (exact) mass is 148 g/mol. The number of rotatable bonds is 2. The summed E-state index contributed by atoms with van der Waals surface area (Å²) < 4.78 is 0. The van der Waals surface area contributed by atoms with Crippen molar-refractivity contribution in [3.05, 3.63) is 29.9 Å². The van der Waals surface area contributed by atoms with Gasteiger partial charge in [-0.05, 0) is 19.1 Å². The van der Waals surface area contributed by atoms with Crippen LogP contribution in [0.3, 0.4) is 0 Å². The molecule has 1 rings (SSSR count). The van der Waals surface area contributed by atoms with Crippen molar-refractivity contribution >= 4 is 12.4 Å². The summed E-state index contributed by atoms with van der Waals surface area (Å²) in [6.07, 6.45) is 6.99. The first-order valence-electron chi connectivity index (χ1n) is 3.23. The standard InChI is InChI=1S/C8H8N2O/c1-7-5-9-6-8(10-7)3-2-4-11/h2-6H,1H3/b3-2+. The second-order valence-electron chi connectivity index (χ2n) is 2.08. The molecule has 11 heavy (non-hydrogen) atoms. The third-order valence-corrected chi connectivity index (χ3v) is 1.12. The van der Waals surface area contributed by atoms with Crippen LogP contribution >= 0.6 is 0 Å². The molecule has 3 nitrogen and oxygen atoms in total. The first-order chi connectivity index (χ1) is 5.33.